The minimum atomic E-state index is -0.588. The Hall–Kier alpha value is -1.89. The summed E-state index contributed by atoms with van der Waals surface area (Å²) in [5.74, 6) is 0.157. The van der Waals surface area contributed by atoms with E-state index in [4.69, 9.17) is 16.7 Å². The number of aliphatic hydroxyl groups is 1. The molecule has 2 aromatic heterocycles. The maximum atomic E-state index is 10.7. The lowest BCUT2D eigenvalue weighted by molar-refractivity contribution is -0.385. The van der Waals surface area contributed by atoms with Gasteiger partial charge in [0.1, 0.15) is 0 Å². The fourth-order valence-electron chi connectivity index (χ4n) is 1.49. The van der Waals surface area contributed by atoms with E-state index in [9.17, 15) is 20.2 Å². The average molecular weight is 514 g/mol. The van der Waals surface area contributed by atoms with Gasteiger partial charge in [-0.25, -0.2) is 9.97 Å². The number of nitrogens with one attached hydrogen (secondary N) is 1. The van der Waals surface area contributed by atoms with E-state index in [0.29, 0.717) is 8.95 Å². The largest absolute Gasteiger partial charge is 0.392 e. The van der Waals surface area contributed by atoms with E-state index in [-0.39, 0.29) is 28.9 Å². The van der Waals surface area contributed by atoms with Gasteiger partial charge < -0.3 is 10.4 Å². The van der Waals surface area contributed by atoms with Crippen LogP contribution in [0.25, 0.3) is 0 Å². The number of nitrogens with zero attached hydrogens (tertiary/aromatic N) is 4. The number of anilines is 1. The maximum absolute atomic E-state index is 10.7. The zero-order valence-corrected chi connectivity index (χ0v) is 17.0. The van der Waals surface area contributed by atoms with Crippen molar-refractivity contribution in [1.29, 1.82) is 0 Å². The Bertz CT molecular complexity index is 808. The molecule has 13 heteroatoms. The van der Waals surface area contributed by atoms with Crippen molar-refractivity contribution in [3.63, 3.8) is 0 Å². The molecule has 140 valence electrons. The van der Waals surface area contributed by atoms with Crippen LogP contribution in [-0.4, -0.2) is 37.6 Å². The lowest BCUT2D eigenvalue weighted by Gasteiger charge is -2.07. The third kappa shape index (κ3) is 7.15. The second-order valence-electron chi connectivity index (χ2n) is 4.73. The SMILES string of the molecule is CC(O)CNc1ncc(Br)cc1[N+](=O)[O-].O=[N+]([O-])c1cc(Br)cnc1Cl. The van der Waals surface area contributed by atoms with Crippen LogP contribution in [0.15, 0.2) is 33.5 Å². The van der Waals surface area contributed by atoms with Crippen LogP contribution in [0, 0.1) is 20.2 Å². The van der Waals surface area contributed by atoms with Gasteiger partial charge in [0.25, 0.3) is 0 Å². The van der Waals surface area contributed by atoms with Crippen LogP contribution in [-0.2, 0) is 0 Å². The molecule has 0 fully saturated rings. The molecule has 26 heavy (non-hydrogen) atoms. The minimum absolute atomic E-state index is 0.0989. The molecule has 0 aliphatic rings. The maximum Gasteiger partial charge on any atom is 0.312 e. The molecule has 0 saturated carbocycles. The standard InChI is InChI=1S/C8H10BrN3O3.C5H2BrClN2O2/c1-5(13)3-10-8-7(12(14)15)2-6(9)4-11-8;6-3-1-4(9(10)11)5(7)8-2-3/h2,4-5,13H,3H2,1H3,(H,10,11);1-2H. The summed E-state index contributed by atoms with van der Waals surface area (Å²) in [5, 5.41) is 32.5. The van der Waals surface area contributed by atoms with E-state index in [2.05, 4.69) is 47.1 Å². The van der Waals surface area contributed by atoms with Crippen LogP contribution >= 0.6 is 43.5 Å². The third-order valence-electron chi connectivity index (χ3n) is 2.58. The Morgan fingerprint density at radius 2 is 1.65 bits per heavy atom. The monoisotopic (exact) mass is 511 g/mol. The summed E-state index contributed by atoms with van der Waals surface area (Å²) >= 11 is 11.6. The summed E-state index contributed by atoms with van der Waals surface area (Å²) in [4.78, 5) is 27.2. The first-order chi connectivity index (χ1) is 12.1. The lowest BCUT2D eigenvalue weighted by atomic mass is 10.3. The average Bonchev–Trinajstić information content (AvgIpc) is 2.56. The molecule has 0 aliphatic heterocycles. The van der Waals surface area contributed by atoms with E-state index in [1.54, 1.807) is 6.92 Å². The zero-order chi connectivity index (χ0) is 19.9. The van der Waals surface area contributed by atoms with Crippen LogP contribution in [0.3, 0.4) is 0 Å². The van der Waals surface area contributed by atoms with Gasteiger partial charge in [-0.3, -0.25) is 20.2 Å². The van der Waals surface area contributed by atoms with Crippen molar-refractivity contribution >= 4 is 60.7 Å². The number of pyridine rings is 2. The Morgan fingerprint density at radius 3 is 2.12 bits per heavy atom. The van der Waals surface area contributed by atoms with Gasteiger partial charge in [-0.05, 0) is 38.8 Å². The Labute approximate surface area is 169 Å². The minimum Gasteiger partial charge on any atom is -0.392 e. The second-order valence-corrected chi connectivity index (χ2v) is 6.92. The summed E-state index contributed by atoms with van der Waals surface area (Å²) in [6, 6.07) is 2.66. The predicted octanol–water partition coefficient (Wildman–Crippen LogP) is 3.95. The summed E-state index contributed by atoms with van der Waals surface area (Å²) < 4.78 is 1.07. The van der Waals surface area contributed by atoms with Crippen molar-refractivity contribution in [1.82, 2.24) is 9.97 Å². The lowest BCUT2D eigenvalue weighted by Crippen LogP contribution is -2.16. The fourth-order valence-corrected chi connectivity index (χ4v) is 2.30. The number of halogens is 3. The van der Waals surface area contributed by atoms with Crippen molar-refractivity contribution in [2.24, 2.45) is 0 Å². The van der Waals surface area contributed by atoms with Gasteiger partial charge >= 0.3 is 11.4 Å². The molecule has 1 atom stereocenters. The van der Waals surface area contributed by atoms with E-state index in [0.717, 1.165) is 0 Å². The molecule has 2 heterocycles. The summed E-state index contributed by atoms with van der Waals surface area (Å²) in [7, 11) is 0. The van der Waals surface area contributed by atoms with Gasteiger partial charge in [0.05, 0.1) is 16.0 Å². The van der Waals surface area contributed by atoms with Gasteiger partial charge in [0, 0.05) is 40.0 Å². The number of aromatic nitrogens is 2. The number of hydrogen-bond acceptors (Lipinski definition) is 8. The Kier molecular flexibility index (Phi) is 8.78. The molecule has 0 bridgehead atoms. The van der Waals surface area contributed by atoms with E-state index in [1.165, 1.54) is 24.5 Å². The van der Waals surface area contributed by atoms with Crippen LogP contribution in [0.1, 0.15) is 6.92 Å². The number of hydrogen-bond donors (Lipinski definition) is 2. The van der Waals surface area contributed by atoms with Crippen molar-refractivity contribution in [3.8, 4) is 0 Å². The molecule has 10 nitrogen and oxygen atoms in total. The second kappa shape index (κ2) is 10.3. The molecular formula is C13H12Br2ClN5O5. The topological polar surface area (TPSA) is 144 Å². The van der Waals surface area contributed by atoms with Gasteiger partial charge in [0.2, 0.25) is 11.0 Å². The summed E-state index contributed by atoms with van der Waals surface area (Å²) in [5.41, 5.74) is -0.314. The van der Waals surface area contributed by atoms with Crippen LogP contribution in [0.4, 0.5) is 17.2 Å². The smallest absolute Gasteiger partial charge is 0.312 e. The fraction of sp³-hybridized carbons (Fsp3) is 0.231. The highest BCUT2D eigenvalue weighted by molar-refractivity contribution is 9.10. The predicted molar refractivity (Wildman–Crippen MR) is 102 cm³/mol. The number of nitro groups is 2. The summed E-state index contributed by atoms with van der Waals surface area (Å²) in [6.07, 6.45) is 2.27. The van der Waals surface area contributed by atoms with E-state index < -0.39 is 16.0 Å². The van der Waals surface area contributed by atoms with Gasteiger partial charge in [0.15, 0.2) is 0 Å². The van der Waals surface area contributed by atoms with Crippen LogP contribution in [0.5, 0.6) is 0 Å². The molecule has 0 aliphatic carbocycles. The van der Waals surface area contributed by atoms with E-state index in [1.807, 2.05) is 0 Å². The first-order valence-corrected chi connectivity index (χ1v) is 8.75. The molecular weight excluding hydrogens is 501 g/mol. The third-order valence-corrected chi connectivity index (χ3v) is 3.74. The van der Waals surface area contributed by atoms with Gasteiger partial charge in [-0.2, -0.15) is 0 Å². The Morgan fingerprint density at radius 1 is 1.15 bits per heavy atom. The molecule has 2 N–H and O–H groups in total. The highest BCUT2D eigenvalue weighted by Gasteiger charge is 2.15. The van der Waals surface area contributed by atoms with Crippen molar-refractivity contribution in [2.75, 3.05) is 11.9 Å². The zero-order valence-electron chi connectivity index (χ0n) is 13.1. The van der Waals surface area contributed by atoms with Crippen molar-refractivity contribution in [2.45, 2.75) is 13.0 Å². The van der Waals surface area contributed by atoms with Gasteiger partial charge in [-0.15, -0.1) is 0 Å². The van der Waals surface area contributed by atoms with E-state index >= 15 is 0 Å². The molecule has 0 saturated heterocycles. The molecule has 1 unspecified atom stereocenters. The first-order valence-electron chi connectivity index (χ1n) is 6.79. The Balaban J connectivity index is 0.000000273. The van der Waals surface area contributed by atoms with Crippen molar-refractivity contribution < 1.29 is 15.0 Å². The first kappa shape index (κ1) is 22.2. The quantitative estimate of drug-likeness (QED) is 0.347. The summed E-state index contributed by atoms with van der Waals surface area (Å²) in [6.45, 7) is 1.80. The molecule has 0 amide bonds. The van der Waals surface area contributed by atoms with Crippen LogP contribution < -0.4 is 5.32 Å². The molecule has 0 spiro atoms. The van der Waals surface area contributed by atoms with Crippen LogP contribution in [0.2, 0.25) is 5.15 Å². The molecule has 2 aromatic rings. The number of aliphatic hydroxyl groups excluding tert-OH is 1. The molecule has 2 rings (SSSR count). The number of rotatable bonds is 5. The van der Waals surface area contributed by atoms with Crippen molar-refractivity contribution in [3.05, 3.63) is 58.9 Å². The molecule has 0 aromatic carbocycles. The highest BCUT2D eigenvalue weighted by atomic mass is 79.9. The normalized spacial score (nSPS) is 11.1. The highest BCUT2D eigenvalue weighted by Crippen LogP contribution is 2.25. The van der Waals surface area contributed by atoms with Gasteiger partial charge in [-0.1, -0.05) is 11.6 Å². The molecule has 0 radical (unpaired) electrons.